The Morgan fingerprint density at radius 3 is 2.35 bits per heavy atom. The molecule has 2 aliphatic rings. The van der Waals surface area contributed by atoms with Crippen LogP contribution >= 0.6 is 0 Å². The number of piperazine rings is 1. The molecule has 0 spiro atoms. The largest absolute Gasteiger partial charge is 0.416 e. The Labute approximate surface area is 130 Å². The number of carbonyl (C=O) groups excluding carboxylic acids is 2. The summed E-state index contributed by atoms with van der Waals surface area (Å²) in [6, 6.07) is 3.98. The third-order valence-electron chi connectivity index (χ3n) is 4.08. The standard InChI is InChI=1S/C15H15F3N2O3/c16-15(17,18)11-3-1-9(2-4-11)6-20-12(21)5-19-14(22)13(20)10-7-23-8-10/h1-4,10,13H,5-8H2,(H,19,22). The Kier molecular flexibility index (Phi) is 4.01. The van der Waals surface area contributed by atoms with Crippen LogP contribution in [0.1, 0.15) is 11.1 Å². The molecule has 2 amide bonds. The summed E-state index contributed by atoms with van der Waals surface area (Å²) in [7, 11) is 0. The maximum atomic E-state index is 12.6. The van der Waals surface area contributed by atoms with Gasteiger partial charge in [0, 0.05) is 12.5 Å². The van der Waals surface area contributed by atoms with Gasteiger partial charge in [-0.3, -0.25) is 9.59 Å². The van der Waals surface area contributed by atoms with Crippen molar-refractivity contribution in [2.75, 3.05) is 19.8 Å². The van der Waals surface area contributed by atoms with Gasteiger partial charge in [0.1, 0.15) is 6.04 Å². The van der Waals surface area contributed by atoms with Crippen molar-refractivity contribution in [3.8, 4) is 0 Å². The van der Waals surface area contributed by atoms with E-state index in [1.807, 2.05) is 0 Å². The van der Waals surface area contributed by atoms with Crippen LogP contribution < -0.4 is 5.32 Å². The first-order valence-corrected chi connectivity index (χ1v) is 7.17. The number of hydrogen-bond donors (Lipinski definition) is 1. The summed E-state index contributed by atoms with van der Waals surface area (Å²) >= 11 is 0. The molecule has 1 N–H and O–H groups in total. The number of carbonyl (C=O) groups is 2. The summed E-state index contributed by atoms with van der Waals surface area (Å²) < 4.78 is 42.8. The molecule has 1 aromatic rings. The number of nitrogens with one attached hydrogen (secondary N) is 1. The molecule has 1 atom stereocenters. The lowest BCUT2D eigenvalue weighted by molar-refractivity contribution is -0.157. The van der Waals surface area contributed by atoms with Crippen molar-refractivity contribution in [2.24, 2.45) is 5.92 Å². The van der Waals surface area contributed by atoms with Crippen LogP contribution in [0.3, 0.4) is 0 Å². The average Bonchev–Trinajstić information content (AvgIpc) is 2.44. The number of nitrogens with zero attached hydrogens (tertiary/aromatic N) is 1. The van der Waals surface area contributed by atoms with E-state index in [0.29, 0.717) is 18.8 Å². The monoisotopic (exact) mass is 328 g/mol. The van der Waals surface area contributed by atoms with E-state index < -0.39 is 17.8 Å². The van der Waals surface area contributed by atoms with Crippen LogP contribution in [-0.4, -0.2) is 42.5 Å². The molecule has 0 radical (unpaired) electrons. The maximum absolute atomic E-state index is 12.6. The van der Waals surface area contributed by atoms with E-state index in [0.717, 1.165) is 12.1 Å². The van der Waals surface area contributed by atoms with E-state index in [2.05, 4.69) is 5.32 Å². The van der Waals surface area contributed by atoms with Gasteiger partial charge in [-0.1, -0.05) is 12.1 Å². The number of hydrogen-bond acceptors (Lipinski definition) is 3. The second-order valence-corrected chi connectivity index (χ2v) is 5.68. The third-order valence-corrected chi connectivity index (χ3v) is 4.08. The predicted octanol–water partition coefficient (Wildman–Crippen LogP) is 1.18. The lowest BCUT2D eigenvalue weighted by Crippen LogP contribution is -2.63. The zero-order valence-corrected chi connectivity index (χ0v) is 12.1. The molecular weight excluding hydrogens is 313 g/mol. The van der Waals surface area contributed by atoms with Gasteiger partial charge >= 0.3 is 6.18 Å². The van der Waals surface area contributed by atoms with Crippen LogP contribution in [0.2, 0.25) is 0 Å². The van der Waals surface area contributed by atoms with Crippen LogP contribution in [0.5, 0.6) is 0 Å². The summed E-state index contributed by atoms with van der Waals surface area (Å²) in [6.45, 7) is 0.804. The van der Waals surface area contributed by atoms with Crippen molar-refractivity contribution in [3.63, 3.8) is 0 Å². The van der Waals surface area contributed by atoms with Crippen molar-refractivity contribution in [3.05, 3.63) is 35.4 Å². The highest BCUT2D eigenvalue weighted by atomic mass is 19.4. The number of alkyl halides is 3. The summed E-state index contributed by atoms with van der Waals surface area (Å²) in [4.78, 5) is 25.6. The van der Waals surface area contributed by atoms with Crippen molar-refractivity contribution in [1.82, 2.24) is 10.2 Å². The number of halogens is 3. The van der Waals surface area contributed by atoms with Gasteiger partial charge in [0.15, 0.2) is 0 Å². The van der Waals surface area contributed by atoms with E-state index >= 15 is 0 Å². The molecule has 2 aliphatic heterocycles. The quantitative estimate of drug-likeness (QED) is 0.906. The van der Waals surface area contributed by atoms with Gasteiger partial charge in [-0.25, -0.2) is 0 Å². The fourth-order valence-corrected chi connectivity index (χ4v) is 2.75. The Morgan fingerprint density at radius 2 is 1.83 bits per heavy atom. The second-order valence-electron chi connectivity index (χ2n) is 5.68. The van der Waals surface area contributed by atoms with Crippen molar-refractivity contribution in [2.45, 2.75) is 18.8 Å². The van der Waals surface area contributed by atoms with Crippen molar-refractivity contribution < 1.29 is 27.5 Å². The molecule has 5 nitrogen and oxygen atoms in total. The van der Waals surface area contributed by atoms with Gasteiger partial charge < -0.3 is 15.0 Å². The third kappa shape index (κ3) is 3.17. The fraction of sp³-hybridized carbons (Fsp3) is 0.467. The van der Waals surface area contributed by atoms with Crippen molar-refractivity contribution in [1.29, 1.82) is 0 Å². The van der Waals surface area contributed by atoms with Gasteiger partial charge in [0.25, 0.3) is 0 Å². The lowest BCUT2D eigenvalue weighted by Gasteiger charge is -2.42. The molecule has 2 heterocycles. The Balaban J connectivity index is 1.78. The van der Waals surface area contributed by atoms with Crippen LogP contribution in [0, 0.1) is 5.92 Å². The Morgan fingerprint density at radius 1 is 1.17 bits per heavy atom. The number of benzene rings is 1. The molecule has 124 valence electrons. The molecule has 8 heteroatoms. The molecule has 0 aromatic heterocycles. The first-order valence-electron chi connectivity index (χ1n) is 7.17. The second kappa shape index (κ2) is 5.84. The lowest BCUT2D eigenvalue weighted by atomic mass is 9.93. The van der Waals surface area contributed by atoms with Crippen LogP contribution in [-0.2, 0) is 27.0 Å². The Bertz CT molecular complexity index is 611. The molecule has 0 aliphatic carbocycles. The average molecular weight is 328 g/mol. The molecule has 3 rings (SSSR count). The zero-order chi connectivity index (χ0) is 16.6. The molecule has 23 heavy (non-hydrogen) atoms. The molecular formula is C15H15F3N2O3. The summed E-state index contributed by atoms with van der Waals surface area (Å²) in [5.41, 5.74) is -0.195. The normalized spacial score (nSPS) is 22.7. The van der Waals surface area contributed by atoms with Crippen LogP contribution in [0.4, 0.5) is 13.2 Å². The summed E-state index contributed by atoms with van der Waals surface area (Å²) in [5.74, 6) is -0.570. The van der Waals surface area contributed by atoms with E-state index in [1.165, 1.54) is 17.0 Å². The van der Waals surface area contributed by atoms with Crippen LogP contribution in [0.15, 0.2) is 24.3 Å². The predicted molar refractivity (Wildman–Crippen MR) is 73.1 cm³/mol. The van der Waals surface area contributed by atoms with Gasteiger partial charge in [-0.05, 0) is 17.7 Å². The van der Waals surface area contributed by atoms with E-state index in [4.69, 9.17) is 4.74 Å². The minimum atomic E-state index is -4.40. The first-order chi connectivity index (χ1) is 10.9. The molecule has 0 bridgehead atoms. The number of rotatable bonds is 3. The van der Waals surface area contributed by atoms with Gasteiger partial charge in [-0.2, -0.15) is 13.2 Å². The topological polar surface area (TPSA) is 58.6 Å². The smallest absolute Gasteiger partial charge is 0.380 e. The van der Waals surface area contributed by atoms with Crippen molar-refractivity contribution >= 4 is 11.8 Å². The maximum Gasteiger partial charge on any atom is 0.416 e. The molecule has 1 aromatic carbocycles. The number of ether oxygens (including phenoxy) is 1. The SMILES string of the molecule is O=C1NCC(=O)N(Cc2ccc(C(F)(F)F)cc2)C1C1COC1. The van der Waals surface area contributed by atoms with Gasteiger partial charge in [0.2, 0.25) is 11.8 Å². The first kappa shape index (κ1) is 15.8. The highest BCUT2D eigenvalue weighted by Crippen LogP contribution is 2.30. The number of amides is 2. The highest BCUT2D eigenvalue weighted by Gasteiger charge is 2.42. The van der Waals surface area contributed by atoms with E-state index in [-0.39, 0.29) is 30.8 Å². The fourth-order valence-electron chi connectivity index (χ4n) is 2.75. The molecule has 0 saturated carbocycles. The van der Waals surface area contributed by atoms with Crippen LogP contribution in [0.25, 0.3) is 0 Å². The highest BCUT2D eigenvalue weighted by molar-refractivity contribution is 5.95. The molecule has 2 fully saturated rings. The molecule has 1 unspecified atom stereocenters. The molecule has 2 saturated heterocycles. The zero-order valence-electron chi connectivity index (χ0n) is 12.1. The minimum Gasteiger partial charge on any atom is -0.380 e. The summed E-state index contributed by atoms with van der Waals surface area (Å²) in [5, 5.41) is 2.54. The van der Waals surface area contributed by atoms with Gasteiger partial charge in [0.05, 0.1) is 25.3 Å². The minimum absolute atomic E-state index is 0.0753. The van der Waals surface area contributed by atoms with E-state index in [1.54, 1.807) is 0 Å². The van der Waals surface area contributed by atoms with E-state index in [9.17, 15) is 22.8 Å². The summed E-state index contributed by atoms with van der Waals surface area (Å²) in [6.07, 6.45) is -4.40. The van der Waals surface area contributed by atoms with Gasteiger partial charge in [-0.15, -0.1) is 0 Å². The Hall–Kier alpha value is -2.09.